The predicted molar refractivity (Wildman–Crippen MR) is 83.8 cm³/mol. The number of hydrogen-bond acceptors (Lipinski definition) is 4. The molecule has 0 radical (unpaired) electrons. The van der Waals surface area contributed by atoms with Crippen molar-refractivity contribution in [3.8, 4) is 17.0 Å². The number of carboxylic acids is 1. The molecule has 7 nitrogen and oxygen atoms in total. The van der Waals surface area contributed by atoms with Crippen molar-refractivity contribution in [3.05, 3.63) is 52.4 Å². The van der Waals surface area contributed by atoms with Crippen molar-refractivity contribution in [2.24, 2.45) is 0 Å². The van der Waals surface area contributed by atoms with Gasteiger partial charge in [-0.25, -0.2) is 0 Å². The molecule has 0 unspecified atom stereocenters. The molecule has 0 amide bonds. The summed E-state index contributed by atoms with van der Waals surface area (Å²) in [6, 6.07) is 9.12. The first-order chi connectivity index (χ1) is 11.1. The minimum Gasteiger partial charge on any atom is -0.494 e. The van der Waals surface area contributed by atoms with Gasteiger partial charge >= 0.3 is 5.97 Å². The first-order valence-corrected chi connectivity index (χ1v) is 7.14. The molecule has 0 atom stereocenters. The SMILES string of the molecule is CCOc1ccc(-c2cc3[nH]cc(CC(=O)O)c(=O)n3n2)cc1. The number of fused-ring (bicyclic) bond motifs is 1. The highest BCUT2D eigenvalue weighted by Gasteiger charge is 2.12. The third-order valence-electron chi connectivity index (χ3n) is 3.37. The van der Waals surface area contributed by atoms with Gasteiger partial charge in [-0.05, 0) is 31.2 Å². The number of ether oxygens (including phenoxy) is 1. The van der Waals surface area contributed by atoms with E-state index >= 15 is 0 Å². The quantitative estimate of drug-likeness (QED) is 0.747. The van der Waals surface area contributed by atoms with E-state index in [0.29, 0.717) is 17.9 Å². The number of carbonyl (C=O) groups is 1. The van der Waals surface area contributed by atoms with E-state index in [1.165, 1.54) is 10.7 Å². The van der Waals surface area contributed by atoms with Gasteiger partial charge in [-0.2, -0.15) is 9.61 Å². The third-order valence-corrected chi connectivity index (χ3v) is 3.37. The lowest BCUT2D eigenvalue weighted by atomic mass is 10.1. The zero-order valence-electron chi connectivity index (χ0n) is 12.4. The summed E-state index contributed by atoms with van der Waals surface area (Å²) in [4.78, 5) is 25.9. The number of hydrogen-bond donors (Lipinski definition) is 2. The van der Waals surface area contributed by atoms with Gasteiger partial charge in [0, 0.05) is 23.4 Å². The maximum absolute atomic E-state index is 12.2. The van der Waals surface area contributed by atoms with Crippen LogP contribution in [0.15, 0.2) is 41.3 Å². The number of H-pyrrole nitrogens is 1. The second kappa shape index (κ2) is 5.96. The second-order valence-electron chi connectivity index (χ2n) is 4.97. The van der Waals surface area contributed by atoms with Gasteiger partial charge in [-0.1, -0.05) is 0 Å². The molecule has 0 spiro atoms. The van der Waals surface area contributed by atoms with Gasteiger partial charge in [0.15, 0.2) is 0 Å². The number of aliphatic carboxylic acids is 1. The van der Waals surface area contributed by atoms with Gasteiger partial charge in [0.05, 0.1) is 18.7 Å². The van der Waals surface area contributed by atoms with Crippen LogP contribution < -0.4 is 10.3 Å². The van der Waals surface area contributed by atoms with Gasteiger partial charge in [0.25, 0.3) is 5.56 Å². The summed E-state index contributed by atoms with van der Waals surface area (Å²) in [5.41, 5.74) is 1.69. The molecular weight excluding hydrogens is 298 g/mol. The number of rotatable bonds is 5. The highest BCUT2D eigenvalue weighted by molar-refractivity contribution is 5.70. The largest absolute Gasteiger partial charge is 0.494 e. The van der Waals surface area contributed by atoms with Crippen molar-refractivity contribution in [2.45, 2.75) is 13.3 Å². The molecule has 0 saturated heterocycles. The van der Waals surface area contributed by atoms with Gasteiger partial charge in [0.1, 0.15) is 11.4 Å². The Balaban J connectivity index is 2.01. The molecule has 2 heterocycles. The maximum atomic E-state index is 12.2. The zero-order valence-corrected chi connectivity index (χ0v) is 12.4. The number of nitrogens with zero attached hydrogens (tertiary/aromatic N) is 2. The van der Waals surface area contributed by atoms with E-state index in [-0.39, 0.29) is 12.0 Å². The van der Waals surface area contributed by atoms with Gasteiger partial charge in [-0.15, -0.1) is 0 Å². The molecule has 2 N–H and O–H groups in total. The summed E-state index contributed by atoms with van der Waals surface area (Å²) in [5.74, 6) is -0.298. The summed E-state index contributed by atoms with van der Waals surface area (Å²) >= 11 is 0. The number of aromatic amines is 1. The van der Waals surface area contributed by atoms with E-state index in [0.717, 1.165) is 11.3 Å². The molecule has 2 aromatic heterocycles. The fraction of sp³-hybridized carbons (Fsp3) is 0.188. The van der Waals surface area contributed by atoms with E-state index in [9.17, 15) is 9.59 Å². The Hall–Kier alpha value is -3.09. The van der Waals surface area contributed by atoms with E-state index in [1.807, 2.05) is 31.2 Å². The summed E-state index contributed by atoms with van der Waals surface area (Å²) in [6.45, 7) is 2.50. The van der Waals surface area contributed by atoms with Crippen molar-refractivity contribution in [3.63, 3.8) is 0 Å². The monoisotopic (exact) mass is 313 g/mol. The molecule has 0 saturated carbocycles. The summed E-state index contributed by atoms with van der Waals surface area (Å²) < 4.78 is 6.57. The molecule has 1 aromatic carbocycles. The van der Waals surface area contributed by atoms with Crippen molar-refractivity contribution in [1.29, 1.82) is 0 Å². The predicted octanol–water partition coefficient (Wildman–Crippen LogP) is 1.72. The first kappa shape index (κ1) is 14.8. The molecule has 0 aliphatic heterocycles. The molecule has 0 aliphatic carbocycles. The van der Waals surface area contributed by atoms with E-state index in [1.54, 1.807) is 6.07 Å². The fourth-order valence-corrected chi connectivity index (χ4v) is 2.32. The van der Waals surface area contributed by atoms with Crippen LogP contribution in [0.3, 0.4) is 0 Å². The van der Waals surface area contributed by atoms with Crippen LogP contribution in [0.2, 0.25) is 0 Å². The van der Waals surface area contributed by atoms with Gasteiger partial charge < -0.3 is 14.8 Å². The summed E-state index contributed by atoms with van der Waals surface area (Å²) in [7, 11) is 0. The average molecular weight is 313 g/mol. The Kier molecular flexibility index (Phi) is 3.84. The van der Waals surface area contributed by atoms with Crippen LogP contribution in [-0.2, 0) is 11.2 Å². The van der Waals surface area contributed by atoms with Crippen LogP contribution in [0.25, 0.3) is 16.9 Å². The second-order valence-corrected chi connectivity index (χ2v) is 4.97. The lowest BCUT2D eigenvalue weighted by Crippen LogP contribution is -2.21. The minimum absolute atomic E-state index is 0.159. The number of nitrogens with one attached hydrogen (secondary N) is 1. The van der Waals surface area contributed by atoms with Crippen molar-refractivity contribution in [1.82, 2.24) is 14.6 Å². The average Bonchev–Trinajstić information content (AvgIpc) is 2.96. The minimum atomic E-state index is -1.06. The molecule has 3 aromatic rings. The van der Waals surface area contributed by atoms with Crippen LogP contribution in [0.5, 0.6) is 5.75 Å². The zero-order chi connectivity index (χ0) is 16.4. The highest BCUT2D eigenvalue weighted by atomic mass is 16.5. The normalized spacial score (nSPS) is 10.8. The molecule has 23 heavy (non-hydrogen) atoms. The molecule has 7 heteroatoms. The van der Waals surface area contributed by atoms with Crippen LogP contribution in [0.1, 0.15) is 12.5 Å². The standard InChI is InChI=1S/C16H15N3O4/c1-2-23-12-5-3-10(4-6-12)13-8-14-17-9-11(7-15(20)21)16(22)19(14)18-13/h3-6,8-9,17H,2,7H2,1H3,(H,20,21). The van der Waals surface area contributed by atoms with Crippen molar-refractivity contribution in [2.75, 3.05) is 6.61 Å². The number of carboxylic acid groups (broad SMARTS) is 1. The van der Waals surface area contributed by atoms with E-state index in [4.69, 9.17) is 9.84 Å². The van der Waals surface area contributed by atoms with Crippen LogP contribution in [-0.4, -0.2) is 32.3 Å². The third kappa shape index (κ3) is 2.94. The van der Waals surface area contributed by atoms with E-state index < -0.39 is 11.5 Å². The maximum Gasteiger partial charge on any atom is 0.308 e. The Morgan fingerprint density at radius 1 is 1.35 bits per heavy atom. The molecule has 0 aliphatic rings. The van der Waals surface area contributed by atoms with Gasteiger partial charge in [-0.3, -0.25) is 9.59 Å². The molecule has 3 rings (SSSR count). The van der Waals surface area contributed by atoms with Crippen molar-refractivity contribution < 1.29 is 14.6 Å². The Morgan fingerprint density at radius 3 is 2.74 bits per heavy atom. The summed E-state index contributed by atoms with van der Waals surface area (Å²) in [5, 5.41) is 13.1. The Bertz CT molecular complexity index is 909. The molecular formula is C16H15N3O4. The topological polar surface area (TPSA) is 96.7 Å². The Labute approximate surface area is 131 Å². The lowest BCUT2D eigenvalue weighted by molar-refractivity contribution is -0.136. The first-order valence-electron chi connectivity index (χ1n) is 7.14. The van der Waals surface area contributed by atoms with Crippen LogP contribution >= 0.6 is 0 Å². The van der Waals surface area contributed by atoms with Crippen LogP contribution in [0, 0.1) is 0 Å². The Morgan fingerprint density at radius 2 is 2.09 bits per heavy atom. The van der Waals surface area contributed by atoms with Crippen molar-refractivity contribution >= 4 is 11.6 Å². The molecule has 118 valence electrons. The molecule has 0 fully saturated rings. The fourth-order valence-electron chi connectivity index (χ4n) is 2.32. The van der Waals surface area contributed by atoms with Crippen LogP contribution in [0.4, 0.5) is 0 Å². The number of aromatic nitrogens is 3. The number of benzene rings is 1. The lowest BCUT2D eigenvalue weighted by Gasteiger charge is -2.02. The van der Waals surface area contributed by atoms with E-state index in [2.05, 4.69) is 10.1 Å². The molecule has 0 bridgehead atoms. The van der Waals surface area contributed by atoms with Gasteiger partial charge in [0.2, 0.25) is 0 Å². The summed E-state index contributed by atoms with van der Waals surface area (Å²) in [6.07, 6.45) is 1.07. The smallest absolute Gasteiger partial charge is 0.308 e. The highest BCUT2D eigenvalue weighted by Crippen LogP contribution is 2.21.